The molecule has 0 radical (unpaired) electrons. The summed E-state index contributed by atoms with van der Waals surface area (Å²) in [5, 5.41) is 13.3. The Kier molecular flexibility index (Phi) is 5.09. The van der Waals surface area contributed by atoms with Gasteiger partial charge in [0.15, 0.2) is 0 Å². The Hall–Kier alpha value is -3.46. The van der Waals surface area contributed by atoms with Crippen molar-refractivity contribution in [1.29, 1.82) is 5.26 Å². The number of nitrogens with one attached hydrogen (secondary N) is 1. The van der Waals surface area contributed by atoms with E-state index in [2.05, 4.69) is 16.4 Å². The summed E-state index contributed by atoms with van der Waals surface area (Å²) in [7, 11) is 0. The number of fused-ring (bicyclic) bond motifs is 1. The predicted molar refractivity (Wildman–Crippen MR) is 97.7 cm³/mol. The van der Waals surface area contributed by atoms with E-state index in [1.807, 2.05) is 24.3 Å². The molecule has 5 nitrogen and oxygen atoms in total. The average Bonchev–Trinajstić information content (AvgIpc) is 2.66. The maximum Gasteiger partial charge on any atom is 0.222 e. The molecule has 3 aromatic rings. The monoisotopic (exact) mass is 348 g/mol. The highest BCUT2D eigenvalue weighted by molar-refractivity contribution is 5.94. The van der Waals surface area contributed by atoms with Gasteiger partial charge in [-0.1, -0.05) is 30.3 Å². The summed E-state index contributed by atoms with van der Waals surface area (Å²) in [5.41, 5.74) is 8.13. The number of carbonyl (C=O) groups is 1. The summed E-state index contributed by atoms with van der Waals surface area (Å²) in [6.07, 6.45) is 1.89. The first-order valence-corrected chi connectivity index (χ1v) is 8.14. The van der Waals surface area contributed by atoms with Crippen LogP contribution in [0.25, 0.3) is 10.9 Å². The van der Waals surface area contributed by atoms with Gasteiger partial charge in [-0.25, -0.2) is 4.39 Å². The Labute approximate surface area is 150 Å². The summed E-state index contributed by atoms with van der Waals surface area (Å²) in [4.78, 5) is 16.1. The van der Waals surface area contributed by atoms with Crippen LogP contribution in [-0.2, 0) is 11.2 Å². The van der Waals surface area contributed by atoms with Gasteiger partial charge in [-0.15, -0.1) is 0 Å². The molecule has 2 aromatic carbocycles. The van der Waals surface area contributed by atoms with Gasteiger partial charge < -0.3 is 11.1 Å². The molecular formula is C20H17FN4O. The normalized spacial score (nSPS) is 11.7. The van der Waals surface area contributed by atoms with Crippen molar-refractivity contribution in [2.75, 3.05) is 11.9 Å². The van der Waals surface area contributed by atoms with Crippen molar-refractivity contribution in [3.63, 3.8) is 0 Å². The number of carbonyl (C=O) groups excluding carboxylic acids is 1. The van der Waals surface area contributed by atoms with Crippen LogP contribution in [0.3, 0.4) is 0 Å². The van der Waals surface area contributed by atoms with Gasteiger partial charge in [-0.05, 0) is 30.2 Å². The first-order valence-electron chi connectivity index (χ1n) is 8.14. The highest BCUT2D eigenvalue weighted by Crippen LogP contribution is 2.25. The highest BCUT2D eigenvalue weighted by atomic mass is 19.1. The van der Waals surface area contributed by atoms with Crippen LogP contribution in [0, 0.1) is 23.1 Å². The molecule has 1 amide bonds. The molecule has 3 N–H and O–H groups in total. The number of pyridine rings is 1. The van der Waals surface area contributed by atoms with E-state index in [1.165, 1.54) is 18.3 Å². The number of nitrogens with two attached hydrogens (primary N) is 1. The number of aromatic nitrogens is 1. The molecule has 3 rings (SSSR count). The molecule has 6 heteroatoms. The quantitative estimate of drug-likeness (QED) is 0.716. The largest absolute Gasteiger partial charge is 0.383 e. The van der Waals surface area contributed by atoms with Gasteiger partial charge in [0.05, 0.1) is 22.7 Å². The lowest BCUT2D eigenvalue weighted by Crippen LogP contribution is -2.31. The van der Waals surface area contributed by atoms with Gasteiger partial charge in [0, 0.05) is 18.1 Å². The van der Waals surface area contributed by atoms with E-state index in [4.69, 9.17) is 5.73 Å². The number of halogens is 1. The molecular weight excluding hydrogens is 331 g/mol. The maximum absolute atomic E-state index is 13.0. The Morgan fingerprint density at radius 1 is 1.23 bits per heavy atom. The summed E-state index contributed by atoms with van der Waals surface area (Å²) >= 11 is 0. The molecule has 0 aliphatic heterocycles. The SMILES string of the molecule is N#Cc1cnc2ccccc2c1NCC(Cc1ccc(F)cc1)C(N)=O. The average molecular weight is 348 g/mol. The Morgan fingerprint density at radius 3 is 2.65 bits per heavy atom. The van der Waals surface area contributed by atoms with Crippen molar-refractivity contribution in [2.24, 2.45) is 11.7 Å². The number of benzene rings is 2. The minimum atomic E-state index is -0.501. The lowest BCUT2D eigenvalue weighted by molar-refractivity contribution is -0.121. The molecule has 0 saturated heterocycles. The first-order chi connectivity index (χ1) is 12.6. The fraction of sp³-hybridized carbons (Fsp3) is 0.150. The van der Waals surface area contributed by atoms with Crippen LogP contribution in [0.5, 0.6) is 0 Å². The third kappa shape index (κ3) is 3.78. The van der Waals surface area contributed by atoms with E-state index in [-0.39, 0.29) is 12.4 Å². The maximum atomic E-state index is 13.0. The molecule has 26 heavy (non-hydrogen) atoms. The van der Waals surface area contributed by atoms with Crippen LogP contribution in [-0.4, -0.2) is 17.4 Å². The molecule has 0 fully saturated rings. The van der Waals surface area contributed by atoms with E-state index in [1.54, 1.807) is 12.1 Å². The van der Waals surface area contributed by atoms with Crippen molar-refractivity contribution >= 4 is 22.5 Å². The smallest absolute Gasteiger partial charge is 0.222 e. The van der Waals surface area contributed by atoms with E-state index >= 15 is 0 Å². The molecule has 1 heterocycles. The third-order valence-electron chi connectivity index (χ3n) is 4.22. The molecule has 0 saturated carbocycles. The van der Waals surface area contributed by atoms with Crippen molar-refractivity contribution in [3.05, 3.63) is 71.7 Å². The van der Waals surface area contributed by atoms with Crippen molar-refractivity contribution in [3.8, 4) is 6.07 Å². The zero-order chi connectivity index (χ0) is 18.5. The molecule has 130 valence electrons. The first kappa shape index (κ1) is 17.4. The number of rotatable bonds is 6. The van der Waals surface area contributed by atoms with Crippen LogP contribution in [0.4, 0.5) is 10.1 Å². The van der Waals surface area contributed by atoms with Crippen molar-refractivity contribution < 1.29 is 9.18 Å². The number of primary amides is 1. The summed E-state index contributed by atoms with van der Waals surface area (Å²) < 4.78 is 13.0. The van der Waals surface area contributed by atoms with Gasteiger partial charge in [-0.3, -0.25) is 9.78 Å². The van der Waals surface area contributed by atoms with E-state index in [0.717, 1.165) is 16.5 Å². The Morgan fingerprint density at radius 2 is 1.96 bits per heavy atom. The summed E-state index contributed by atoms with van der Waals surface area (Å²) in [6.45, 7) is 0.259. The van der Waals surface area contributed by atoms with Crippen LogP contribution >= 0.6 is 0 Å². The third-order valence-corrected chi connectivity index (χ3v) is 4.22. The number of nitriles is 1. The second-order valence-corrected chi connectivity index (χ2v) is 5.99. The molecule has 0 bridgehead atoms. The van der Waals surface area contributed by atoms with Gasteiger partial charge in [-0.2, -0.15) is 5.26 Å². The lowest BCUT2D eigenvalue weighted by atomic mass is 9.98. The molecule has 1 unspecified atom stereocenters. The molecule has 1 aromatic heterocycles. The number of nitrogens with zero attached hydrogens (tertiary/aromatic N) is 2. The number of amides is 1. The van der Waals surface area contributed by atoms with E-state index in [0.29, 0.717) is 17.7 Å². The van der Waals surface area contributed by atoms with Crippen molar-refractivity contribution in [1.82, 2.24) is 4.98 Å². The van der Waals surface area contributed by atoms with Crippen LogP contribution in [0.2, 0.25) is 0 Å². The number of para-hydroxylation sites is 1. The van der Waals surface area contributed by atoms with Gasteiger partial charge in [0.2, 0.25) is 5.91 Å². The van der Waals surface area contributed by atoms with Crippen LogP contribution in [0.1, 0.15) is 11.1 Å². The van der Waals surface area contributed by atoms with E-state index < -0.39 is 11.8 Å². The topological polar surface area (TPSA) is 91.8 Å². The fourth-order valence-corrected chi connectivity index (χ4v) is 2.82. The number of hydrogen-bond donors (Lipinski definition) is 2. The van der Waals surface area contributed by atoms with Gasteiger partial charge >= 0.3 is 0 Å². The second-order valence-electron chi connectivity index (χ2n) is 5.99. The van der Waals surface area contributed by atoms with Gasteiger partial charge in [0.1, 0.15) is 11.9 Å². The minimum absolute atomic E-state index is 0.259. The highest BCUT2D eigenvalue weighted by Gasteiger charge is 2.18. The van der Waals surface area contributed by atoms with E-state index in [9.17, 15) is 14.4 Å². The lowest BCUT2D eigenvalue weighted by Gasteiger charge is -2.17. The molecule has 1 atom stereocenters. The van der Waals surface area contributed by atoms with Crippen LogP contribution in [0.15, 0.2) is 54.7 Å². The zero-order valence-corrected chi connectivity index (χ0v) is 13.9. The second kappa shape index (κ2) is 7.62. The number of hydrogen-bond acceptors (Lipinski definition) is 4. The molecule has 0 aliphatic carbocycles. The van der Waals surface area contributed by atoms with Gasteiger partial charge in [0.25, 0.3) is 0 Å². The fourth-order valence-electron chi connectivity index (χ4n) is 2.82. The molecule has 0 aliphatic rings. The summed E-state index contributed by atoms with van der Waals surface area (Å²) in [6, 6.07) is 15.5. The van der Waals surface area contributed by atoms with Crippen LogP contribution < -0.4 is 11.1 Å². The number of anilines is 1. The minimum Gasteiger partial charge on any atom is -0.383 e. The van der Waals surface area contributed by atoms with Crippen molar-refractivity contribution in [2.45, 2.75) is 6.42 Å². The predicted octanol–water partition coefficient (Wildman–Crippen LogP) is 3.00. The summed E-state index contributed by atoms with van der Waals surface area (Å²) in [5.74, 6) is -1.29. The standard InChI is InChI=1S/C20H17FN4O/c21-16-7-5-13(6-8-16)9-14(20(23)26)11-25-19-15(10-22)12-24-18-4-2-1-3-17(18)19/h1-8,12,14H,9,11H2,(H2,23,26)(H,24,25). The Balaban J connectivity index is 1.83. The Bertz CT molecular complexity index is 979. The zero-order valence-electron chi connectivity index (χ0n) is 13.9. The molecule has 0 spiro atoms.